The van der Waals surface area contributed by atoms with E-state index in [1.807, 2.05) is 13.8 Å². The lowest BCUT2D eigenvalue weighted by Gasteiger charge is -2.27. The van der Waals surface area contributed by atoms with Crippen LogP contribution in [-0.2, 0) is 14.3 Å². The van der Waals surface area contributed by atoms with E-state index < -0.39 is 5.60 Å². The Labute approximate surface area is 144 Å². The molecular weight excluding hydrogens is 288 g/mol. The third-order valence-corrected chi connectivity index (χ3v) is 4.71. The Hall–Kier alpha value is -0.570. The fourth-order valence-electron chi connectivity index (χ4n) is 2.55. The SMILES string of the molecule is CCCCC(CC)COC(=O)C(C)(C)OCC(CC)CCCC. The second-order valence-electron chi connectivity index (χ2n) is 7.25. The van der Waals surface area contributed by atoms with E-state index in [-0.39, 0.29) is 5.97 Å². The lowest BCUT2D eigenvalue weighted by atomic mass is 9.99. The molecule has 0 aromatic heterocycles. The first-order chi connectivity index (χ1) is 10.9. The van der Waals surface area contributed by atoms with E-state index in [4.69, 9.17) is 9.47 Å². The number of carbonyl (C=O) groups is 1. The van der Waals surface area contributed by atoms with E-state index >= 15 is 0 Å². The maximum Gasteiger partial charge on any atom is 0.337 e. The minimum Gasteiger partial charge on any atom is -0.463 e. The lowest BCUT2D eigenvalue weighted by molar-refractivity contribution is -0.171. The minimum atomic E-state index is -0.845. The van der Waals surface area contributed by atoms with Gasteiger partial charge in [-0.1, -0.05) is 66.2 Å². The van der Waals surface area contributed by atoms with Gasteiger partial charge in [-0.15, -0.1) is 0 Å². The van der Waals surface area contributed by atoms with E-state index in [1.54, 1.807) is 0 Å². The van der Waals surface area contributed by atoms with Crippen LogP contribution in [0.15, 0.2) is 0 Å². The summed E-state index contributed by atoms with van der Waals surface area (Å²) in [6, 6.07) is 0. The average Bonchev–Trinajstić information content (AvgIpc) is 2.54. The molecule has 0 aliphatic heterocycles. The lowest BCUT2D eigenvalue weighted by Crippen LogP contribution is -2.39. The van der Waals surface area contributed by atoms with E-state index in [9.17, 15) is 4.79 Å². The summed E-state index contributed by atoms with van der Waals surface area (Å²) in [5.41, 5.74) is -0.845. The molecule has 0 radical (unpaired) electrons. The van der Waals surface area contributed by atoms with Gasteiger partial charge in [-0.2, -0.15) is 0 Å². The molecule has 0 saturated heterocycles. The van der Waals surface area contributed by atoms with Gasteiger partial charge < -0.3 is 9.47 Å². The van der Waals surface area contributed by atoms with Gasteiger partial charge in [0.15, 0.2) is 5.60 Å². The van der Waals surface area contributed by atoms with Crippen molar-refractivity contribution in [3.63, 3.8) is 0 Å². The maximum absolute atomic E-state index is 12.3. The van der Waals surface area contributed by atoms with Crippen LogP contribution in [0.25, 0.3) is 0 Å². The Kier molecular flexibility index (Phi) is 12.5. The van der Waals surface area contributed by atoms with Gasteiger partial charge in [0, 0.05) is 0 Å². The Balaban J connectivity index is 4.25. The Bertz CT molecular complexity index is 299. The molecule has 0 heterocycles. The number of rotatable bonds is 14. The molecule has 0 N–H and O–H groups in total. The molecule has 3 nitrogen and oxygen atoms in total. The zero-order valence-electron chi connectivity index (χ0n) is 16.5. The van der Waals surface area contributed by atoms with Crippen molar-refractivity contribution >= 4 is 5.97 Å². The molecule has 0 aliphatic rings. The Morgan fingerprint density at radius 2 is 1.35 bits per heavy atom. The first-order valence-corrected chi connectivity index (χ1v) is 9.72. The molecule has 138 valence electrons. The first kappa shape index (κ1) is 22.4. The second kappa shape index (κ2) is 12.8. The fraction of sp³-hybridized carbons (Fsp3) is 0.950. The van der Waals surface area contributed by atoms with E-state index in [2.05, 4.69) is 27.7 Å². The number of hydrogen-bond donors (Lipinski definition) is 0. The highest BCUT2D eigenvalue weighted by Gasteiger charge is 2.31. The molecule has 0 aromatic carbocycles. The smallest absolute Gasteiger partial charge is 0.337 e. The van der Waals surface area contributed by atoms with Crippen LogP contribution in [0.4, 0.5) is 0 Å². The van der Waals surface area contributed by atoms with Crippen molar-refractivity contribution < 1.29 is 14.3 Å². The van der Waals surface area contributed by atoms with Gasteiger partial charge in [-0.25, -0.2) is 4.79 Å². The molecule has 2 unspecified atom stereocenters. The molecule has 0 spiro atoms. The Morgan fingerprint density at radius 1 is 0.870 bits per heavy atom. The van der Waals surface area contributed by atoms with Crippen molar-refractivity contribution in [2.45, 2.75) is 98.5 Å². The zero-order valence-corrected chi connectivity index (χ0v) is 16.5. The van der Waals surface area contributed by atoms with Crippen LogP contribution in [-0.4, -0.2) is 24.8 Å². The van der Waals surface area contributed by atoms with Crippen molar-refractivity contribution in [3.05, 3.63) is 0 Å². The van der Waals surface area contributed by atoms with Gasteiger partial charge in [0.05, 0.1) is 13.2 Å². The van der Waals surface area contributed by atoms with Gasteiger partial charge in [0.1, 0.15) is 0 Å². The fourth-order valence-corrected chi connectivity index (χ4v) is 2.55. The summed E-state index contributed by atoms with van der Waals surface area (Å²) in [5.74, 6) is 0.787. The van der Waals surface area contributed by atoms with E-state index in [0.717, 1.165) is 19.3 Å². The molecule has 3 heteroatoms. The van der Waals surface area contributed by atoms with Crippen molar-refractivity contribution in [2.24, 2.45) is 11.8 Å². The molecule has 23 heavy (non-hydrogen) atoms. The van der Waals surface area contributed by atoms with Crippen molar-refractivity contribution in [2.75, 3.05) is 13.2 Å². The molecule has 0 aliphatic carbocycles. The van der Waals surface area contributed by atoms with Gasteiger partial charge in [0.2, 0.25) is 0 Å². The van der Waals surface area contributed by atoms with E-state index in [1.165, 1.54) is 32.1 Å². The number of ether oxygens (including phenoxy) is 2. The van der Waals surface area contributed by atoms with Crippen molar-refractivity contribution in [1.82, 2.24) is 0 Å². The van der Waals surface area contributed by atoms with Crippen LogP contribution in [0.5, 0.6) is 0 Å². The first-order valence-electron chi connectivity index (χ1n) is 9.72. The van der Waals surface area contributed by atoms with Crippen LogP contribution < -0.4 is 0 Å². The largest absolute Gasteiger partial charge is 0.463 e. The molecule has 0 saturated carbocycles. The van der Waals surface area contributed by atoms with Crippen LogP contribution >= 0.6 is 0 Å². The minimum absolute atomic E-state index is 0.224. The quantitative estimate of drug-likeness (QED) is 0.380. The molecule has 2 atom stereocenters. The standard InChI is InChI=1S/C20H40O3/c1-7-11-13-17(9-3)15-22-19(21)20(5,6)23-16-18(10-4)14-12-8-2/h17-18H,7-16H2,1-6H3. The van der Waals surface area contributed by atoms with Gasteiger partial charge in [0.25, 0.3) is 0 Å². The van der Waals surface area contributed by atoms with Crippen LogP contribution in [0.2, 0.25) is 0 Å². The highest BCUT2D eigenvalue weighted by molar-refractivity contribution is 5.78. The summed E-state index contributed by atoms with van der Waals surface area (Å²) >= 11 is 0. The monoisotopic (exact) mass is 328 g/mol. The summed E-state index contributed by atoms with van der Waals surface area (Å²) in [7, 11) is 0. The van der Waals surface area contributed by atoms with Gasteiger partial charge in [-0.05, 0) is 38.5 Å². The number of hydrogen-bond acceptors (Lipinski definition) is 3. The normalized spacial score (nSPS) is 14.5. The number of esters is 1. The molecule has 0 amide bonds. The van der Waals surface area contributed by atoms with Crippen molar-refractivity contribution in [3.8, 4) is 0 Å². The summed E-state index contributed by atoms with van der Waals surface area (Å²) in [6.07, 6.45) is 9.29. The summed E-state index contributed by atoms with van der Waals surface area (Å²) in [4.78, 5) is 12.3. The van der Waals surface area contributed by atoms with Crippen LogP contribution in [0.3, 0.4) is 0 Å². The summed E-state index contributed by atoms with van der Waals surface area (Å²) in [6.45, 7) is 13.6. The number of unbranched alkanes of at least 4 members (excludes halogenated alkanes) is 2. The maximum atomic E-state index is 12.3. The Morgan fingerprint density at radius 3 is 1.78 bits per heavy atom. The number of carbonyl (C=O) groups excluding carboxylic acids is 1. The third-order valence-electron chi connectivity index (χ3n) is 4.71. The third kappa shape index (κ3) is 10.0. The molecular formula is C20H40O3. The average molecular weight is 329 g/mol. The van der Waals surface area contributed by atoms with Gasteiger partial charge in [-0.3, -0.25) is 0 Å². The molecule has 0 rings (SSSR count). The van der Waals surface area contributed by atoms with Crippen LogP contribution in [0.1, 0.15) is 92.9 Å². The predicted octanol–water partition coefficient (Wildman–Crippen LogP) is 5.76. The highest BCUT2D eigenvalue weighted by Crippen LogP contribution is 2.20. The van der Waals surface area contributed by atoms with E-state index in [0.29, 0.717) is 25.0 Å². The predicted molar refractivity (Wildman–Crippen MR) is 97.6 cm³/mol. The second-order valence-corrected chi connectivity index (χ2v) is 7.25. The van der Waals surface area contributed by atoms with Gasteiger partial charge >= 0.3 is 5.97 Å². The van der Waals surface area contributed by atoms with Crippen LogP contribution in [0, 0.1) is 11.8 Å². The molecule has 0 bridgehead atoms. The zero-order chi connectivity index (χ0) is 17.7. The summed E-state index contributed by atoms with van der Waals surface area (Å²) < 4.78 is 11.5. The van der Waals surface area contributed by atoms with Crippen molar-refractivity contribution in [1.29, 1.82) is 0 Å². The molecule has 0 aromatic rings. The highest BCUT2D eigenvalue weighted by atomic mass is 16.6. The topological polar surface area (TPSA) is 35.5 Å². The molecule has 0 fully saturated rings. The summed E-state index contributed by atoms with van der Waals surface area (Å²) in [5, 5.41) is 0.